The van der Waals surface area contributed by atoms with E-state index in [0.29, 0.717) is 28.4 Å². The molecule has 0 radical (unpaired) electrons. The van der Waals surface area contributed by atoms with Crippen LogP contribution in [0.5, 0.6) is 0 Å². The summed E-state index contributed by atoms with van der Waals surface area (Å²) in [6.07, 6.45) is 2.91. The van der Waals surface area contributed by atoms with Gasteiger partial charge in [0.25, 0.3) is 0 Å². The van der Waals surface area contributed by atoms with Crippen molar-refractivity contribution in [3.8, 4) is 0 Å². The van der Waals surface area contributed by atoms with E-state index in [1.54, 1.807) is 19.9 Å². The van der Waals surface area contributed by atoms with E-state index in [4.69, 9.17) is 16.3 Å². The van der Waals surface area contributed by atoms with Crippen molar-refractivity contribution >= 4 is 35.2 Å². The lowest BCUT2D eigenvalue weighted by Crippen LogP contribution is -2.14. The number of nitrogens with one attached hydrogen (secondary N) is 1. The highest BCUT2D eigenvalue weighted by Gasteiger charge is 2.20. The molecule has 2 heterocycles. The fourth-order valence-corrected chi connectivity index (χ4v) is 4.05. The molecule has 33 heavy (non-hydrogen) atoms. The second kappa shape index (κ2) is 10.0. The molecule has 8 heteroatoms. The first kappa shape index (κ1) is 24.2. The van der Waals surface area contributed by atoms with E-state index in [2.05, 4.69) is 10.1 Å². The molecule has 172 valence electrons. The first-order valence-electron chi connectivity index (χ1n) is 10.5. The topological polar surface area (TPSA) is 94.0 Å². The SMILES string of the molecule is CC(=O)c1c(C)[nH]c(C(=O)COC(=O)/C=C/c2c(C)nn(Cc3ccccc3Cl)c2C)c1C. The maximum Gasteiger partial charge on any atom is 0.331 e. The van der Waals surface area contributed by atoms with Crippen LogP contribution in [-0.2, 0) is 16.1 Å². The smallest absolute Gasteiger partial charge is 0.331 e. The van der Waals surface area contributed by atoms with Crippen LogP contribution in [0.2, 0.25) is 5.02 Å². The number of benzene rings is 1. The largest absolute Gasteiger partial charge is 0.454 e. The van der Waals surface area contributed by atoms with Crippen LogP contribution in [0.4, 0.5) is 0 Å². The van der Waals surface area contributed by atoms with Crippen LogP contribution in [0.1, 0.15) is 61.5 Å². The summed E-state index contributed by atoms with van der Waals surface area (Å²) in [4.78, 5) is 39.4. The lowest BCUT2D eigenvalue weighted by molar-refractivity contribution is -0.136. The van der Waals surface area contributed by atoms with E-state index in [1.807, 2.05) is 42.8 Å². The molecule has 0 fully saturated rings. The van der Waals surface area contributed by atoms with Gasteiger partial charge in [-0.25, -0.2) is 4.79 Å². The van der Waals surface area contributed by atoms with Gasteiger partial charge in [-0.1, -0.05) is 29.8 Å². The third-order valence-electron chi connectivity index (χ3n) is 5.52. The molecule has 0 aliphatic carbocycles. The van der Waals surface area contributed by atoms with E-state index in [0.717, 1.165) is 22.5 Å². The van der Waals surface area contributed by atoms with Crippen LogP contribution >= 0.6 is 11.6 Å². The number of Topliss-reactive ketones (excluding diaryl/α,β-unsaturated/α-hetero) is 2. The van der Waals surface area contributed by atoms with Gasteiger partial charge in [-0.05, 0) is 57.9 Å². The van der Waals surface area contributed by atoms with Gasteiger partial charge in [0.15, 0.2) is 12.4 Å². The van der Waals surface area contributed by atoms with E-state index in [1.165, 1.54) is 13.0 Å². The van der Waals surface area contributed by atoms with Crippen LogP contribution in [0.3, 0.4) is 0 Å². The van der Waals surface area contributed by atoms with Crippen LogP contribution in [0.15, 0.2) is 30.3 Å². The third-order valence-corrected chi connectivity index (χ3v) is 5.88. The average Bonchev–Trinajstić information content (AvgIpc) is 3.20. The van der Waals surface area contributed by atoms with E-state index < -0.39 is 18.4 Å². The lowest BCUT2D eigenvalue weighted by Gasteiger charge is -2.06. The number of ketones is 2. The number of halogens is 1. The summed E-state index contributed by atoms with van der Waals surface area (Å²) in [5.41, 5.74) is 5.33. The number of nitrogens with zero attached hydrogens (tertiary/aromatic N) is 2. The van der Waals surface area contributed by atoms with Crippen LogP contribution in [-0.4, -0.2) is 38.9 Å². The monoisotopic (exact) mass is 467 g/mol. The summed E-state index contributed by atoms with van der Waals surface area (Å²) >= 11 is 6.25. The maximum absolute atomic E-state index is 12.5. The molecule has 0 aliphatic heterocycles. The van der Waals surface area contributed by atoms with Gasteiger partial charge in [-0.15, -0.1) is 0 Å². The Morgan fingerprint density at radius 2 is 1.85 bits per heavy atom. The number of aryl methyl sites for hydroxylation is 2. The van der Waals surface area contributed by atoms with Gasteiger partial charge in [0.05, 0.1) is 17.9 Å². The molecule has 7 nitrogen and oxygen atoms in total. The van der Waals surface area contributed by atoms with Crippen LogP contribution in [0.25, 0.3) is 6.08 Å². The Kier molecular flexibility index (Phi) is 7.33. The molecule has 0 amide bonds. The fourth-order valence-electron chi connectivity index (χ4n) is 3.86. The van der Waals surface area contributed by atoms with E-state index in [-0.39, 0.29) is 11.5 Å². The number of ether oxygens (including phenoxy) is 1. The zero-order valence-corrected chi connectivity index (χ0v) is 20.0. The fraction of sp³-hybridized carbons (Fsp3) is 0.280. The predicted octanol–water partition coefficient (Wildman–Crippen LogP) is 4.79. The molecule has 0 bridgehead atoms. The zero-order valence-electron chi connectivity index (χ0n) is 19.3. The molecule has 0 saturated heterocycles. The van der Waals surface area contributed by atoms with Crippen molar-refractivity contribution in [2.75, 3.05) is 6.61 Å². The number of carbonyl (C=O) groups excluding carboxylic acids is 3. The maximum atomic E-state index is 12.5. The summed E-state index contributed by atoms with van der Waals surface area (Å²) < 4.78 is 6.95. The molecule has 3 aromatic rings. The highest BCUT2D eigenvalue weighted by atomic mass is 35.5. The van der Waals surface area contributed by atoms with Gasteiger partial charge in [0, 0.05) is 33.6 Å². The minimum Gasteiger partial charge on any atom is -0.454 e. The van der Waals surface area contributed by atoms with Gasteiger partial charge in [0.1, 0.15) is 0 Å². The summed E-state index contributed by atoms with van der Waals surface area (Å²) in [6, 6.07) is 7.56. The molecule has 0 aliphatic rings. The Hall–Kier alpha value is -3.45. The molecular weight excluding hydrogens is 442 g/mol. The summed E-state index contributed by atoms with van der Waals surface area (Å²) in [5.74, 6) is -1.17. The normalized spacial score (nSPS) is 11.2. The van der Waals surface area contributed by atoms with Crippen molar-refractivity contribution in [2.45, 2.75) is 41.2 Å². The Labute approximate surface area is 197 Å². The highest BCUT2D eigenvalue weighted by Crippen LogP contribution is 2.21. The number of aromatic amines is 1. The van der Waals surface area contributed by atoms with Gasteiger partial charge >= 0.3 is 5.97 Å². The molecule has 0 atom stereocenters. The average molecular weight is 468 g/mol. The van der Waals surface area contributed by atoms with Crippen LogP contribution in [0, 0.1) is 27.7 Å². The van der Waals surface area contributed by atoms with Crippen LogP contribution < -0.4 is 0 Å². The number of H-pyrrole nitrogens is 1. The second-order valence-electron chi connectivity index (χ2n) is 7.88. The molecule has 3 rings (SSSR count). The number of aromatic nitrogens is 3. The molecule has 0 spiro atoms. The Morgan fingerprint density at radius 3 is 2.48 bits per heavy atom. The van der Waals surface area contributed by atoms with Crippen molar-refractivity contribution < 1.29 is 19.1 Å². The quantitative estimate of drug-likeness (QED) is 0.292. The van der Waals surface area contributed by atoms with Crippen molar-refractivity contribution in [3.05, 3.63) is 80.4 Å². The van der Waals surface area contributed by atoms with Crippen molar-refractivity contribution in [2.24, 2.45) is 0 Å². The Balaban J connectivity index is 1.66. The first-order chi connectivity index (χ1) is 15.6. The van der Waals surface area contributed by atoms with Crippen molar-refractivity contribution in [1.29, 1.82) is 0 Å². The standard InChI is InChI=1S/C25H26ClN3O4/c1-14-24(18(5)30)16(3)27-25(14)22(31)13-33-23(32)11-10-20-15(2)28-29(17(20)4)12-19-8-6-7-9-21(19)26/h6-11,27H,12-13H2,1-5H3/b11-10+. The minimum absolute atomic E-state index is 0.124. The van der Waals surface area contributed by atoms with Gasteiger partial charge in [0.2, 0.25) is 5.78 Å². The number of carbonyl (C=O) groups is 3. The summed E-state index contributed by atoms with van der Waals surface area (Å²) in [5, 5.41) is 5.21. The number of esters is 1. The number of hydrogen-bond acceptors (Lipinski definition) is 5. The molecule has 1 aromatic carbocycles. The molecule has 1 N–H and O–H groups in total. The van der Waals surface area contributed by atoms with Crippen molar-refractivity contribution in [1.82, 2.24) is 14.8 Å². The summed E-state index contributed by atoms with van der Waals surface area (Å²) in [7, 11) is 0. The molecule has 2 aromatic heterocycles. The van der Waals surface area contributed by atoms with Gasteiger partial charge < -0.3 is 9.72 Å². The van der Waals surface area contributed by atoms with Crippen molar-refractivity contribution in [3.63, 3.8) is 0 Å². The van der Waals surface area contributed by atoms with E-state index >= 15 is 0 Å². The molecular formula is C25H26ClN3O4. The second-order valence-corrected chi connectivity index (χ2v) is 8.29. The Bertz CT molecular complexity index is 1270. The molecule has 0 saturated carbocycles. The zero-order chi connectivity index (χ0) is 24.3. The lowest BCUT2D eigenvalue weighted by atomic mass is 10.1. The molecule has 0 unspecified atom stereocenters. The predicted molar refractivity (Wildman–Crippen MR) is 127 cm³/mol. The summed E-state index contributed by atoms with van der Waals surface area (Å²) in [6.45, 7) is 8.72. The minimum atomic E-state index is -0.645. The highest BCUT2D eigenvalue weighted by molar-refractivity contribution is 6.31. The van der Waals surface area contributed by atoms with Gasteiger partial charge in [-0.2, -0.15) is 5.10 Å². The number of rotatable bonds is 8. The first-order valence-corrected chi connectivity index (χ1v) is 10.8. The van der Waals surface area contributed by atoms with E-state index in [9.17, 15) is 14.4 Å². The van der Waals surface area contributed by atoms with Gasteiger partial charge in [-0.3, -0.25) is 14.3 Å². The third kappa shape index (κ3) is 5.31. The Morgan fingerprint density at radius 1 is 1.15 bits per heavy atom. The number of hydrogen-bond donors (Lipinski definition) is 1.